The van der Waals surface area contributed by atoms with Crippen LogP contribution in [-0.4, -0.2) is 39.3 Å². The van der Waals surface area contributed by atoms with Crippen molar-refractivity contribution in [1.29, 1.82) is 0 Å². The van der Waals surface area contributed by atoms with Gasteiger partial charge in [-0.1, -0.05) is 18.9 Å². The normalized spacial score (nSPS) is 17.3. The molecule has 1 fully saturated rings. The maximum atomic E-state index is 12.5. The van der Waals surface area contributed by atoms with E-state index in [2.05, 4.69) is 4.72 Å². The average molecular weight is 341 g/mol. The number of benzene rings is 1. The molecule has 0 spiro atoms. The molecule has 23 heavy (non-hydrogen) atoms. The van der Waals surface area contributed by atoms with Gasteiger partial charge in [0.15, 0.2) is 0 Å². The van der Waals surface area contributed by atoms with Crippen molar-refractivity contribution in [1.82, 2.24) is 4.72 Å². The topological polar surface area (TPSA) is 92.7 Å². The number of hydrogen-bond acceptors (Lipinski definition) is 4. The third-order valence-corrected chi connectivity index (χ3v) is 6.07. The number of nitrogens with one attached hydrogen (secondary N) is 1. The Morgan fingerprint density at radius 2 is 2.04 bits per heavy atom. The van der Waals surface area contributed by atoms with Crippen molar-refractivity contribution < 1.29 is 23.1 Å². The fraction of sp³-hybridized carbons (Fsp3) is 0.562. The van der Waals surface area contributed by atoms with Crippen molar-refractivity contribution in [2.45, 2.75) is 43.6 Å². The molecule has 2 N–H and O–H groups in total. The largest absolute Gasteiger partial charge is 0.478 e. The number of carboxylic acid groups (broad SMARTS) is 1. The van der Waals surface area contributed by atoms with Gasteiger partial charge in [-0.2, -0.15) is 0 Å². The molecular weight excluding hydrogens is 318 g/mol. The minimum atomic E-state index is -3.78. The Kier molecular flexibility index (Phi) is 5.78. The zero-order chi connectivity index (χ0) is 17.0. The molecule has 1 aromatic rings. The lowest BCUT2D eigenvalue weighted by atomic mass is 10.0. The molecule has 128 valence electrons. The maximum absolute atomic E-state index is 12.5. The van der Waals surface area contributed by atoms with Crippen LogP contribution in [0.25, 0.3) is 0 Å². The monoisotopic (exact) mass is 341 g/mol. The molecule has 1 aliphatic carbocycles. The van der Waals surface area contributed by atoms with E-state index in [-0.39, 0.29) is 28.7 Å². The standard InChI is InChI=1S/C16H23NO5S/c1-11-13(16(18)19)8-5-9-15(11)23(20,21)17-10-14(22-2)12-6-3-4-7-12/h5,8-9,12,14,17H,3-4,6-7,10H2,1-2H3,(H,18,19). The van der Waals surface area contributed by atoms with Crippen molar-refractivity contribution in [3.05, 3.63) is 29.3 Å². The summed E-state index contributed by atoms with van der Waals surface area (Å²) in [7, 11) is -2.18. The van der Waals surface area contributed by atoms with E-state index in [0.717, 1.165) is 25.7 Å². The van der Waals surface area contributed by atoms with Crippen LogP contribution in [0.15, 0.2) is 23.1 Å². The zero-order valence-corrected chi connectivity index (χ0v) is 14.2. The van der Waals surface area contributed by atoms with Crippen LogP contribution in [0.3, 0.4) is 0 Å². The highest BCUT2D eigenvalue weighted by molar-refractivity contribution is 7.89. The molecule has 0 amide bonds. The lowest BCUT2D eigenvalue weighted by Crippen LogP contribution is -2.37. The molecule has 0 aromatic heterocycles. The summed E-state index contributed by atoms with van der Waals surface area (Å²) in [6, 6.07) is 4.25. The molecule has 1 aromatic carbocycles. The Hall–Kier alpha value is -1.44. The SMILES string of the molecule is COC(CNS(=O)(=O)c1cccc(C(=O)O)c1C)C1CCCC1. The maximum Gasteiger partial charge on any atom is 0.335 e. The van der Waals surface area contributed by atoms with Crippen LogP contribution in [0, 0.1) is 12.8 Å². The van der Waals surface area contributed by atoms with Gasteiger partial charge in [-0.05, 0) is 43.4 Å². The Morgan fingerprint density at radius 3 is 2.61 bits per heavy atom. The second-order valence-electron chi connectivity index (χ2n) is 5.90. The molecule has 1 unspecified atom stereocenters. The Balaban J connectivity index is 2.15. The highest BCUT2D eigenvalue weighted by atomic mass is 32.2. The summed E-state index contributed by atoms with van der Waals surface area (Å²) in [5.74, 6) is -0.769. The van der Waals surface area contributed by atoms with Crippen molar-refractivity contribution in [3.8, 4) is 0 Å². The van der Waals surface area contributed by atoms with Gasteiger partial charge in [0.1, 0.15) is 0 Å². The van der Waals surface area contributed by atoms with Crippen LogP contribution in [0.1, 0.15) is 41.6 Å². The van der Waals surface area contributed by atoms with E-state index in [1.165, 1.54) is 25.1 Å². The molecule has 0 radical (unpaired) electrons. The summed E-state index contributed by atoms with van der Waals surface area (Å²) < 4.78 is 33.0. The van der Waals surface area contributed by atoms with Crippen LogP contribution < -0.4 is 4.72 Å². The van der Waals surface area contributed by atoms with Gasteiger partial charge in [0.25, 0.3) is 0 Å². The second-order valence-corrected chi connectivity index (χ2v) is 7.64. The predicted octanol–water partition coefficient (Wildman–Crippen LogP) is 2.18. The Morgan fingerprint density at radius 1 is 1.39 bits per heavy atom. The number of sulfonamides is 1. The van der Waals surface area contributed by atoms with Gasteiger partial charge in [-0.15, -0.1) is 0 Å². The zero-order valence-electron chi connectivity index (χ0n) is 13.4. The molecule has 7 heteroatoms. The first-order valence-electron chi connectivity index (χ1n) is 7.72. The highest BCUT2D eigenvalue weighted by Crippen LogP contribution is 2.29. The third kappa shape index (κ3) is 4.10. The van der Waals surface area contributed by atoms with Crippen LogP contribution in [0.5, 0.6) is 0 Å². The highest BCUT2D eigenvalue weighted by Gasteiger charge is 2.27. The minimum Gasteiger partial charge on any atom is -0.478 e. The van der Waals surface area contributed by atoms with Gasteiger partial charge < -0.3 is 9.84 Å². The number of ether oxygens (including phenoxy) is 1. The lowest BCUT2D eigenvalue weighted by molar-refractivity contribution is 0.0584. The predicted molar refractivity (Wildman–Crippen MR) is 86.1 cm³/mol. The third-order valence-electron chi connectivity index (χ3n) is 4.51. The van der Waals surface area contributed by atoms with E-state index in [9.17, 15) is 13.2 Å². The molecule has 0 bridgehead atoms. The number of aromatic carboxylic acids is 1. The van der Waals surface area contributed by atoms with E-state index in [4.69, 9.17) is 9.84 Å². The van der Waals surface area contributed by atoms with E-state index in [1.54, 1.807) is 7.11 Å². The minimum absolute atomic E-state index is 0.00123. The molecule has 1 atom stereocenters. The van der Waals surface area contributed by atoms with Gasteiger partial charge in [0.2, 0.25) is 10.0 Å². The van der Waals surface area contributed by atoms with Gasteiger partial charge in [0.05, 0.1) is 16.6 Å². The fourth-order valence-electron chi connectivity index (χ4n) is 3.18. The van der Waals surface area contributed by atoms with Crippen LogP contribution in [-0.2, 0) is 14.8 Å². The summed E-state index contributed by atoms with van der Waals surface area (Å²) in [6.45, 7) is 1.70. The second kappa shape index (κ2) is 7.42. The summed E-state index contributed by atoms with van der Waals surface area (Å²) in [6.07, 6.45) is 4.24. The molecule has 0 heterocycles. The summed E-state index contributed by atoms with van der Waals surface area (Å²) >= 11 is 0. The Labute approximate surface area is 136 Å². The van der Waals surface area contributed by atoms with E-state index in [1.807, 2.05) is 0 Å². The number of carboxylic acids is 1. The molecule has 1 saturated carbocycles. The molecule has 6 nitrogen and oxygen atoms in total. The molecule has 0 aliphatic heterocycles. The lowest BCUT2D eigenvalue weighted by Gasteiger charge is -2.22. The molecule has 0 saturated heterocycles. The van der Waals surface area contributed by atoms with Gasteiger partial charge in [-0.25, -0.2) is 17.9 Å². The van der Waals surface area contributed by atoms with E-state index in [0.29, 0.717) is 5.92 Å². The molecule has 1 aliphatic rings. The van der Waals surface area contributed by atoms with Crippen molar-refractivity contribution >= 4 is 16.0 Å². The smallest absolute Gasteiger partial charge is 0.335 e. The number of hydrogen-bond donors (Lipinski definition) is 2. The Bertz CT molecular complexity index is 665. The van der Waals surface area contributed by atoms with Crippen molar-refractivity contribution in [3.63, 3.8) is 0 Å². The van der Waals surface area contributed by atoms with Crippen molar-refractivity contribution in [2.24, 2.45) is 5.92 Å². The molecular formula is C16H23NO5S. The fourth-order valence-corrected chi connectivity index (χ4v) is 4.49. The first kappa shape index (κ1) is 17.9. The summed E-state index contributed by atoms with van der Waals surface area (Å²) in [5, 5.41) is 9.12. The molecule has 2 rings (SSSR count). The first-order valence-corrected chi connectivity index (χ1v) is 9.20. The van der Waals surface area contributed by atoms with Crippen LogP contribution >= 0.6 is 0 Å². The number of carbonyl (C=O) groups is 1. The van der Waals surface area contributed by atoms with Gasteiger partial charge >= 0.3 is 5.97 Å². The van der Waals surface area contributed by atoms with Gasteiger partial charge in [0, 0.05) is 13.7 Å². The average Bonchev–Trinajstić information content (AvgIpc) is 3.01. The number of methoxy groups -OCH3 is 1. The van der Waals surface area contributed by atoms with Crippen molar-refractivity contribution in [2.75, 3.05) is 13.7 Å². The summed E-state index contributed by atoms with van der Waals surface area (Å²) in [4.78, 5) is 11.2. The number of rotatable bonds is 7. The summed E-state index contributed by atoms with van der Waals surface area (Å²) in [5.41, 5.74) is 0.231. The van der Waals surface area contributed by atoms with Crippen LogP contribution in [0.4, 0.5) is 0 Å². The van der Waals surface area contributed by atoms with E-state index < -0.39 is 16.0 Å². The van der Waals surface area contributed by atoms with E-state index >= 15 is 0 Å². The quantitative estimate of drug-likeness (QED) is 0.793. The van der Waals surface area contributed by atoms with Gasteiger partial charge in [-0.3, -0.25) is 0 Å². The van der Waals surface area contributed by atoms with Crippen LogP contribution in [0.2, 0.25) is 0 Å². The first-order chi connectivity index (χ1) is 10.9.